The van der Waals surface area contributed by atoms with Crippen LogP contribution in [0.3, 0.4) is 0 Å². The fourth-order valence-corrected chi connectivity index (χ4v) is 6.67. The summed E-state index contributed by atoms with van der Waals surface area (Å²) < 4.78 is 7.65. The van der Waals surface area contributed by atoms with Crippen LogP contribution in [-0.4, -0.2) is 42.8 Å². The molecule has 0 saturated carbocycles. The van der Waals surface area contributed by atoms with Crippen LogP contribution in [0, 0.1) is 0 Å². The predicted octanol–water partition coefficient (Wildman–Crippen LogP) is 4.72. The van der Waals surface area contributed by atoms with Gasteiger partial charge in [0, 0.05) is 16.3 Å². The molecule has 5 rings (SSSR count). The molecule has 1 aliphatic rings. The zero-order valence-corrected chi connectivity index (χ0v) is 19.1. The molecule has 162 valence electrons. The molecule has 0 radical (unpaired) electrons. The molecule has 0 amide bonds. The Bertz CT molecular complexity index is 1270. The maximum atomic E-state index is 12.6. The molecule has 2 aromatic carbocycles. The number of carbonyl (C=O) groups is 1. The van der Waals surface area contributed by atoms with E-state index in [4.69, 9.17) is 27.2 Å². The summed E-state index contributed by atoms with van der Waals surface area (Å²) in [6.07, 6.45) is 1.19. The normalized spacial score (nSPS) is 18.2. The van der Waals surface area contributed by atoms with Gasteiger partial charge < -0.3 is 10.5 Å². The predicted molar refractivity (Wildman–Crippen MR) is 130 cm³/mol. The topological polar surface area (TPSA) is 95.9 Å². The van der Waals surface area contributed by atoms with Gasteiger partial charge in [0.25, 0.3) is 0 Å². The third-order valence-corrected chi connectivity index (χ3v) is 8.25. The second-order valence-corrected chi connectivity index (χ2v) is 10.3. The summed E-state index contributed by atoms with van der Waals surface area (Å²) in [5.41, 5.74) is 8.96. The number of hydrogen-bond acceptors (Lipinski definition) is 8. The molecule has 2 aromatic heterocycles. The summed E-state index contributed by atoms with van der Waals surface area (Å²) in [6, 6.07) is 16.4. The number of anilines is 1. The van der Waals surface area contributed by atoms with Gasteiger partial charge in [0.2, 0.25) is 0 Å². The van der Waals surface area contributed by atoms with Gasteiger partial charge >= 0.3 is 5.97 Å². The van der Waals surface area contributed by atoms with E-state index in [0.717, 1.165) is 5.56 Å². The van der Waals surface area contributed by atoms with E-state index in [9.17, 15) is 4.79 Å². The minimum Gasteiger partial charge on any atom is -0.457 e. The molecule has 0 spiro atoms. The smallest absolute Gasteiger partial charge is 0.338 e. The molecule has 0 bridgehead atoms. The molecule has 3 heterocycles. The number of rotatable bonds is 5. The SMILES string of the molecule is Nc1ncnc2c1c(-c1ccc(Cl)cc1)nn2CC1SSCC1OC(=O)c1ccccc1. The van der Waals surface area contributed by atoms with Crippen molar-refractivity contribution in [1.29, 1.82) is 0 Å². The molecule has 32 heavy (non-hydrogen) atoms. The van der Waals surface area contributed by atoms with Gasteiger partial charge in [-0.3, -0.25) is 0 Å². The third-order valence-electron chi connectivity index (χ3n) is 5.14. The lowest BCUT2D eigenvalue weighted by Gasteiger charge is -2.18. The van der Waals surface area contributed by atoms with Crippen molar-refractivity contribution in [3.8, 4) is 11.3 Å². The van der Waals surface area contributed by atoms with Gasteiger partial charge in [-0.1, -0.05) is 63.5 Å². The van der Waals surface area contributed by atoms with Gasteiger partial charge in [-0.15, -0.1) is 0 Å². The zero-order valence-electron chi connectivity index (χ0n) is 16.7. The number of nitrogens with two attached hydrogens (primary N) is 1. The number of aromatic nitrogens is 4. The number of hydrogen-bond donors (Lipinski definition) is 1. The summed E-state index contributed by atoms with van der Waals surface area (Å²) in [5, 5.41) is 6.17. The van der Waals surface area contributed by atoms with Crippen molar-refractivity contribution < 1.29 is 9.53 Å². The number of carbonyl (C=O) groups excluding carboxylic acids is 1. The monoisotopic (exact) mass is 483 g/mol. The number of ether oxygens (including phenoxy) is 1. The summed E-state index contributed by atoms with van der Waals surface area (Å²) in [7, 11) is 3.38. The molecule has 1 saturated heterocycles. The lowest BCUT2D eigenvalue weighted by molar-refractivity contribution is 0.0342. The van der Waals surface area contributed by atoms with E-state index in [1.807, 2.05) is 47.1 Å². The van der Waals surface area contributed by atoms with Gasteiger partial charge in [-0.2, -0.15) is 5.10 Å². The van der Waals surface area contributed by atoms with Crippen LogP contribution >= 0.6 is 33.2 Å². The van der Waals surface area contributed by atoms with Crippen molar-refractivity contribution in [2.75, 3.05) is 11.5 Å². The molecule has 2 atom stereocenters. The fourth-order valence-electron chi connectivity index (χ4n) is 3.54. The van der Waals surface area contributed by atoms with Crippen LogP contribution in [0.4, 0.5) is 5.82 Å². The molecule has 4 aromatic rings. The highest BCUT2D eigenvalue weighted by atomic mass is 35.5. The Morgan fingerprint density at radius 1 is 1.16 bits per heavy atom. The maximum absolute atomic E-state index is 12.6. The Morgan fingerprint density at radius 3 is 2.72 bits per heavy atom. The largest absolute Gasteiger partial charge is 0.457 e. The van der Waals surface area contributed by atoms with Crippen LogP contribution in [0.15, 0.2) is 60.9 Å². The Hall–Kier alpha value is -2.75. The van der Waals surface area contributed by atoms with Crippen molar-refractivity contribution in [2.24, 2.45) is 0 Å². The summed E-state index contributed by atoms with van der Waals surface area (Å²) >= 11 is 6.05. The first-order valence-corrected chi connectivity index (χ1v) is 12.6. The van der Waals surface area contributed by atoms with E-state index in [-0.39, 0.29) is 17.3 Å². The van der Waals surface area contributed by atoms with Gasteiger partial charge in [-0.25, -0.2) is 19.4 Å². The molecule has 10 heteroatoms. The molecular formula is C22H18ClN5O2S2. The minimum atomic E-state index is -0.317. The van der Waals surface area contributed by atoms with Gasteiger partial charge in [0.05, 0.1) is 22.7 Å². The molecular weight excluding hydrogens is 466 g/mol. The molecule has 2 N–H and O–H groups in total. The number of benzene rings is 2. The summed E-state index contributed by atoms with van der Waals surface area (Å²) in [6.45, 7) is 0.519. The highest BCUT2D eigenvalue weighted by molar-refractivity contribution is 8.77. The Labute approximate surface area is 197 Å². The number of nitrogen functional groups attached to an aromatic ring is 1. The first-order chi connectivity index (χ1) is 15.6. The highest BCUT2D eigenvalue weighted by Gasteiger charge is 2.34. The standard InChI is InChI=1S/C22H18ClN5O2S2/c23-15-8-6-13(7-9-15)19-18-20(24)25-12-26-21(18)28(27-19)10-17-16(11-31-32-17)30-22(29)14-4-2-1-3-5-14/h1-9,12,16-17H,10-11H2,(H2,24,25,26). The van der Waals surface area contributed by atoms with E-state index >= 15 is 0 Å². The second-order valence-electron chi connectivity index (χ2n) is 7.22. The Balaban J connectivity index is 1.44. The number of halogens is 1. The van der Waals surface area contributed by atoms with Gasteiger partial charge in [-0.05, 0) is 24.3 Å². The molecule has 1 fully saturated rings. The van der Waals surface area contributed by atoms with Crippen molar-refractivity contribution in [1.82, 2.24) is 19.7 Å². The quantitative estimate of drug-likeness (QED) is 0.322. The van der Waals surface area contributed by atoms with Crippen molar-refractivity contribution in [3.63, 3.8) is 0 Å². The van der Waals surface area contributed by atoms with Crippen LogP contribution in [0.25, 0.3) is 22.3 Å². The number of fused-ring (bicyclic) bond motifs is 1. The van der Waals surface area contributed by atoms with Crippen LogP contribution in [-0.2, 0) is 11.3 Å². The average molecular weight is 484 g/mol. The molecule has 2 unspecified atom stereocenters. The van der Waals surface area contributed by atoms with E-state index in [1.54, 1.807) is 33.7 Å². The van der Waals surface area contributed by atoms with E-state index < -0.39 is 0 Å². The fraction of sp³-hybridized carbons (Fsp3) is 0.182. The van der Waals surface area contributed by atoms with Crippen molar-refractivity contribution >= 4 is 56.0 Å². The average Bonchev–Trinajstić information content (AvgIpc) is 3.40. The van der Waals surface area contributed by atoms with Crippen LogP contribution in [0.1, 0.15) is 10.4 Å². The first-order valence-electron chi connectivity index (χ1n) is 9.87. The van der Waals surface area contributed by atoms with Crippen molar-refractivity contribution in [2.45, 2.75) is 17.9 Å². The lowest BCUT2D eigenvalue weighted by Crippen LogP contribution is -2.31. The van der Waals surface area contributed by atoms with E-state index in [1.165, 1.54) is 6.33 Å². The molecule has 1 aliphatic heterocycles. The van der Waals surface area contributed by atoms with Crippen LogP contribution < -0.4 is 5.73 Å². The lowest BCUT2D eigenvalue weighted by atomic mass is 10.1. The first kappa shape index (κ1) is 21.1. The summed E-state index contributed by atoms with van der Waals surface area (Å²) in [5.74, 6) is 0.767. The number of esters is 1. The summed E-state index contributed by atoms with van der Waals surface area (Å²) in [4.78, 5) is 21.2. The minimum absolute atomic E-state index is 0.0185. The third kappa shape index (κ3) is 4.15. The Morgan fingerprint density at radius 2 is 1.94 bits per heavy atom. The number of nitrogens with zero attached hydrogens (tertiary/aromatic N) is 4. The van der Waals surface area contributed by atoms with Gasteiger partial charge in [0.1, 0.15) is 23.9 Å². The van der Waals surface area contributed by atoms with Crippen molar-refractivity contribution in [3.05, 3.63) is 71.5 Å². The van der Waals surface area contributed by atoms with E-state index in [2.05, 4.69) is 9.97 Å². The van der Waals surface area contributed by atoms with E-state index in [0.29, 0.717) is 45.4 Å². The molecule has 7 nitrogen and oxygen atoms in total. The van der Waals surface area contributed by atoms with Crippen LogP contribution in [0.2, 0.25) is 5.02 Å². The second kappa shape index (κ2) is 9.01. The zero-order chi connectivity index (χ0) is 22.1. The molecule has 0 aliphatic carbocycles. The highest BCUT2D eigenvalue weighted by Crippen LogP contribution is 2.41. The van der Waals surface area contributed by atoms with Crippen LogP contribution in [0.5, 0.6) is 0 Å². The Kier molecular flexibility index (Phi) is 5.95. The van der Waals surface area contributed by atoms with Gasteiger partial charge in [0.15, 0.2) is 5.65 Å². The maximum Gasteiger partial charge on any atom is 0.338 e.